The number of aromatic nitrogens is 1. The first-order valence-corrected chi connectivity index (χ1v) is 45.1. The molecule has 5 aromatic rings. The second-order valence-electron chi connectivity index (χ2n) is 32.2. The number of likely N-dealkylation sites (N-methyl/N-ethyl adjacent to an activating group) is 3. The topological polar surface area (TPSA) is 581 Å². The van der Waals surface area contributed by atoms with E-state index in [-0.39, 0.29) is 81.8 Å². The molecular formula is C84H117N19O20S3. The van der Waals surface area contributed by atoms with Crippen LogP contribution in [0.25, 0.3) is 21.0 Å². The number of amides is 17. The summed E-state index contributed by atoms with van der Waals surface area (Å²) in [4.78, 5) is 254. The van der Waals surface area contributed by atoms with Gasteiger partial charge in [-0.25, -0.2) is 0 Å². The van der Waals surface area contributed by atoms with E-state index in [1.807, 2.05) is 25.1 Å². The van der Waals surface area contributed by atoms with Gasteiger partial charge in [0.25, 0.3) is 0 Å². The molecule has 39 nitrogen and oxygen atoms in total. The minimum Gasteiger partial charge on any atom is -0.508 e. The number of rotatable bonds is 21. The van der Waals surface area contributed by atoms with Gasteiger partial charge in [-0.1, -0.05) is 82.1 Å². The number of thioether (sulfide) groups is 2. The van der Waals surface area contributed by atoms with Crippen LogP contribution < -0.4 is 70.4 Å². The molecule has 0 aliphatic carbocycles. The van der Waals surface area contributed by atoms with E-state index < -0.39 is 235 Å². The summed E-state index contributed by atoms with van der Waals surface area (Å²) >= 11 is 3.48. The van der Waals surface area contributed by atoms with Crippen molar-refractivity contribution in [1.82, 2.24) is 82.7 Å². The van der Waals surface area contributed by atoms with Crippen LogP contribution in [-0.2, 0) is 101 Å². The number of aliphatic hydroxyl groups is 2. The lowest BCUT2D eigenvalue weighted by molar-refractivity contribution is -0.149. The molecule has 17 amide bonds. The van der Waals surface area contributed by atoms with Gasteiger partial charge in [0, 0.05) is 94.0 Å². The second-order valence-corrected chi connectivity index (χ2v) is 35.1. The molecule has 3 aliphatic heterocycles. The number of nitrogens with two attached hydrogens (primary N) is 3. The molecule has 0 bridgehead atoms. The van der Waals surface area contributed by atoms with Crippen LogP contribution in [-0.4, -0.2) is 313 Å². The van der Waals surface area contributed by atoms with Crippen molar-refractivity contribution in [2.75, 3.05) is 77.4 Å². The highest BCUT2D eigenvalue weighted by atomic mass is 32.2. The van der Waals surface area contributed by atoms with Gasteiger partial charge < -0.3 is 115 Å². The molecule has 686 valence electrons. The van der Waals surface area contributed by atoms with Gasteiger partial charge in [0.2, 0.25) is 100 Å². The van der Waals surface area contributed by atoms with Crippen LogP contribution >= 0.6 is 34.9 Å². The summed E-state index contributed by atoms with van der Waals surface area (Å²) in [5, 5.41) is 61.7. The summed E-state index contributed by atoms with van der Waals surface area (Å²) in [6.45, 7) is 4.97. The minimum absolute atomic E-state index is 0.00810. The van der Waals surface area contributed by atoms with Gasteiger partial charge in [-0.05, 0) is 116 Å². The minimum atomic E-state index is -1.86. The Hall–Kier alpha value is -11.5. The molecule has 42 heteroatoms. The Morgan fingerprint density at radius 3 is 1.87 bits per heavy atom. The van der Waals surface area contributed by atoms with E-state index in [0.29, 0.717) is 40.4 Å². The normalized spacial score (nSPS) is 25.8. The van der Waals surface area contributed by atoms with Crippen molar-refractivity contribution in [2.24, 2.45) is 23.1 Å². The molecule has 20 N–H and O–H groups in total. The Bertz CT molecular complexity index is 4760. The van der Waals surface area contributed by atoms with Gasteiger partial charge >= 0.3 is 0 Å². The fraction of sp³-hybridized carbons (Fsp3) is 0.536. The fourth-order valence-electron chi connectivity index (χ4n) is 15.3. The smallest absolute Gasteiger partial charge is 0.246 e. The summed E-state index contributed by atoms with van der Waals surface area (Å²) in [6.07, 6.45) is 1.09. The van der Waals surface area contributed by atoms with Crippen molar-refractivity contribution in [3.05, 3.63) is 101 Å². The lowest BCUT2D eigenvalue weighted by atomic mass is 10.0. The van der Waals surface area contributed by atoms with E-state index in [1.54, 1.807) is 62.0 Å². The maximum Gasteiger partial charge on any atom is 0.246 e. The first-order valence-electron chi connectivity index (χ1n) is 41.7. The van der Waals surface area contributed by atoms with Crippen LogP contribution in [0.3, 0.4) is 0 Å². The number of carbonyl (C=O) groups excluding carboxylic acids is 17. The maximum absolute atomic E-state index is 15.6. The zero-order valence-electron chi connectivity index (χ0n) is 71.9. The molecule has 0 spiro atoms. The first kappa shape index (κ1) is 99.9. The number of H-pyrrole nitrogens is 1. The predicted octanol–water partition coefficient (Wildman–Crippen LogP) is -2.88. The van der Waals surface area contributed by atoms with Crippen LogP contribution in [0.15, 0.2) is 84.4 Å². The summed E-state index contributed by atoms with van der Waals surface area (Å²) in [5.41, 5.74) is 19.3. The number of carbonyl (C=O) groups is 17. The molecule has 3 fully saturated rings. The number of benzene rings is 3. The maximum atomic E-state index is 15.6. The molecule has 3 saturated heterocycles. The number of hydrogen-bond acceptors (Lipinski definition) is 24. The van der Waals surface area contributed by atoms with Crippen LogP contribution in [0, 0.1) is 5.92 Å². The van der Waals surface area contributed by atoms with E-state index in [0.717, 1.165) is 46.3 Å². The molecule has 0 saturated carbocycles. The van der Waals surface area contributed by atoms with Crippen LogP contribution in [0.5, 0.6) is 5.75 Å². The molecular weight excluding hydrogens is 1690 g/mol. The van der Waals surface area contributed by atoms with Crippen molar-refractivity contribution < 1.29 is 96.8 Å². The SMILES string of the molecule is CCCC[C@H]1C(=O)N[C@@H](C)C(=O)NC(C(=O)NCC(N)=O)CSCC(=O)N[C@@H](Cc2ccc(O)cc2)C(=O)N(C)[C@@H](C)C(=O)N[C@@H](CC(N)=O)C(=O)N2CCC[C@H]2C(=O)N[C@@H](CN)C(=O)N[C@@H](CC(C)C)C(=O)N2C[C@H](O)C[C@H]2C(=O)N[C@@H](Cc2c[nH]c3ccccc23)C(=O)N[C@@H](CO)C(=O)N[C@@H](Cc2csc3ccccc23)C(=O)N(C)[C@@H](CCSC)C(=O)N1C. The van der Waals surface area contributed by atoms with Crippen molar-refractivity contribution in [1.29, 1.82) is 0 Å². The molecule has 5 heterocycles. The number of unbranched alkanes of at least 4 members (excludes halogenated alkanes) is 1. The van der Waals surface area contributed by atoms with Crippen LogP contribution in [0.2, 0.25) is 0 Å². The highest BCUT2D eigenvalue weighted by molar-refractivity contribution is 8.00. The number of nitrogens with one attached hydrogen (secondary N) is 11. The summed E-state index contributed by atoms with van der Waals surface area (Å²) in [6, 6.07) is -1.56. The van der Waals surface area contributed by atoms with Crippen LogP contribution in [0.4, 0.5) is 0 Å². The Balaban J connectivity index is 1.16. The number of primary amides is 2. The van der Waals surface area contributed by atoms with Crippen molar-refractivity contribution in [3.8, 4) is 5.75 Å². The highest BCUT2D eigenvalue weighted by Gasteiger charge is 2.46. The molecule has 2 aromatic heterocycles. The molecule has 8 rings (SSSR count). The zero-order valence-corrected chi connectivity index (χ0v) is 74.4. The van der Waals surface area contributed by atoms with Gasteiger partial charge in [0.05, 0.1) is 31.4 Å². The summed E-state index contributed by atoms with van der Waals surface area (Å²) < 4.78 is 0.822. The number of thiophene rings is 1. The number of aromatic amines is 1. The zero-order chi connectivity index (χ0) is 92.5. The van der Waals surface area contributed by atoms with Gasteiger partial charge in [-0.15, -0.1) is 23.1 Å². The van der Waals surface area contributed by atoms with Crippen molar-refractivity contribution >= 4 is 156 Å². The van der Waals surface area contributed by atoms with Crippen molar-refractivity contribution in [2.45, 2.75) is 202 Å². The monoisotopic (exact) mass is 1810 g/mol. The van der Waals surface area contributed by atoms with E-state index >= 15 is 28.8 Å². The third kappa shape index (κ3) is 27.0. The number of fused-ring (bicyclic) bond motifs is 4. The average molecular weight is 1810 g/mol. The lowest BCUT2D eigenvalue weighted by Crippen LogP contribution is -2.62. The Morgan fingerprint density at radius 2 is 1.20 bits per heavy atom. The number of phenols is 1. The van der Waals surface area contributed by atoms with Gasteiger partial charge in [0.15, 0.2) is 0 Å². The van der Waals surface area contributed by atoms with Gasteiger partial charge in [0.1, 0.15) is 90.3 Å². The predicted molar refractivity (Wildman–Crippen MR) is 470 cm³/mol. The largest absolute Gasteiger partial charge is 0.508 e. The van der Waals surface area contributed by atoms with E-state index in [2.05, 4.69) is 58.2 Å². The number of nitrogens with zero attached hydrogens (tertiary/aromatic N) is 5. The number of phenolic OH excluding ortho intramolecular Hbond substituents is 1. The number of hydrogen-bond donors (Lipinski definition) is 17. The quantitative estimate of drug-likeness (QED) is 0.0351. The first-order chi connectivity index (χ1) is 59.9. The average Bonchev–Trinajstić information content (AvgIpc) is 1.61. The van der Waals surface area contributed by atoms with Gasteiger partial charge in [-0.3, -0.25) is 81.5 Å². The highest BCUT2D eigenvalue weighted by Crippen LogP contribution is 2.30. The third-order valence-electron chi connectivity index (χ3n) is 22.4. The third-order valence-corrected chi connectivity index (χ3v) is 25.1. The number of aromatic hydroxyl groups is 1. The Labute approximate surface area is 741 Å². The van der Waals surface area contributed by atoms with Crippen LogP contribution in [0.1, 0.15) is 109 Å². The van der Waals surface area contributed by atoms with E-state index in [4.69, 9.17) is 17.2 Å². The summed E-state index contributed by atoms with van der Waals surface area (Å²) in [7, 11) is 3.92. The van der Waals surface area contributed by atoms with E-state index in [9.17, 15) is 68.1 Å². The molecule has 15 atom stereocenters. The fourth-order valence-corrected chi connectivity index (χ4v) is 17.5. The number of para-hydroxylation sites is 1. The summed E-state index contributed by atoms with van der Waals surface area (Å²) in [5.74, 6) is -17.0. The molecule has 1 unspecified atom stereocenters. The lowest BCUT2D eigenvalue weighted by Gasteiger charge is -2.36. The molecule has 3 aliphatic rings. The van der Waals surface area contributed by atoms with E-state index in [1.165, 1.54) is 82.4 Å². The molecule has 126 heavy (non-hydrogen) atoms. The van der Waals surface area contributed by atoms with Crippen molar-refractivity contribution in [3.63, 3.8) is 0 Å². The standard InChI is InChI=1S/C84H117N19O20S3/c1-10-11-20-63-77(116)90-45(4)71(110)98-62(73(112)89-38-69(87)108)42-125-43-70(109)91-57(31-47-23-25-50(105)26-24-47)80(119)99(6)46(5)72(111)93-59(35-68(86)107)82(121)102-28-16-21-64(102)78(117)96-60(36-85)75(114)94-56(30-44(2)3)83(122)103-39-51(106)34-66(103)79(118)92-55(32-48-37-88-54-19-14-12-17-52(48)54)74(113)97-61(40-104)76(115)95-58(33-49-41-126-67-22-15-13-18-53(49)67)81(120)101(8)65(27-29-124-9)84(123)100(63)7/h12-15,17-19,22-26,37,41,44-46,51,55-66,88,104-106H,10-11,16,20-21,27-36,38-40,42-43,85H2,1-9H3,(H2,86,107)(H2,87,108)(H,89,112)(H,90,116)(H,91,109)(H,92,118)(H,93,111)(H,94,114)(H,95,115)(H,96,117)(H,97,113)(H,98,110)/t45-,46-,51+,55-,56-,57-,58-,59-,60-,61-,62?,63-,64-,65-,66-/m0/s1. The molecule has 0 radical (unpaired) electrons. The molecule has 3 aromatic carbocycles. The Kier molecular flexibility index (Phi) is 37.4. The second kappa shape index (κ2) is 47.2. The van der Waals surface area contributed by atoms with Gasteiger partial charge in [-0.2, -0.15) is 11.8 Å². The Morgan fingerprint density at radius 1 is 0.603 bits per heavy atom. The number of aliphatic hydroxyl groups excluding tert-OH is 2.